The predicted molar refractivity (Wildman–Crippen MR) is 137 cm³/mol. The van der Waals surface area contributed by atoms with Crippen molar-refractivity contribution >= 4 is 29.2 Å². The molecule has 1 amide bonds. The van der Waals surface area contributed by atoms with Crippen molar-refractivity contribution in [1.82, 2.24) is 5.16 Å². The van der Waals surface area contributed by atoms with Crippen LogP contribution in [0.25, 0.3) is 0 Å². The molecule has 6 nitrogen and oxygen atoms in total. The maximum atomic E-state index is 13.0. The summed E-state index contributed by atoms with van der Waals surface area (Å²) in [6.07, 6.45) is 6.06. The topological polar surface area (TPSA) is 92.4 Å². The summed E-state index contributed by atoms with van der Waals surface area (Å²) in [6, 6.07) is 5.48. The lowest BCUT2D eigenvalue weighted by Gasteiger charge is -2.38. The fraction of sp³-hybridized carbons (Fsp3) is 0.607. The van der Waals surface area contributed by atoms with Gasteiger partial charge in [-0.25, -0.2) is 0 Å². The quantitative estimate of drug-likeness (QED) is 0.354. The Kier molecular flexibility index (Phi) is 7.60. The van der Waals surface area contributed by atoms with Crippen molar-refractivity contribution in [2.75, 3.05) is 5.32 Å². The minimum atomic E-state index is -0.881. The Morgan fingerprint density at radius 2 is 1.94 bits per heavy atom. The van der Waals surface area contributed by atoms with E-state index in [1.807, 2.05) is 13.0 Å². The van der Waals surface area contributed by atoms with E-state index in [1.54, 1.807) is 12.1 Å². The van der Waals surface area contributed by atoms with Gasteiger partial charge >= 0.3 is 5.97 Å². The smallest absolute Gasteiger partial charge is 0.303 e. The van der Waals surface area contributed by atoms with Gasteiger partial charge < -0.3 is 14.9 Å². The number of halogens is 1. The van der Waals surface area contributed by atoms with Gasteiger partial charge in [-0.2, -0.15) is 0 Å². The summed E-state index contributed by atoms with van der Waals surface area (Å²) in [5.41, 5.74) is 4.09. The summed E-state index contributed by atoms with van der Waals surface area (Å²) in [5.74, 6) is 0.810. The Bertz CT molecular complexity index is 1080. The Balaban J connectivity index is 1.51. The summed E-state index contributed by atoms with van der Waals surface area (Å²) in [7, 11) is 0. The summed E-state index contributed by atoms with van der Waals surface area (Å²) < 4.78 is 5.93. The number of aryl methyl sites for hydroxylation is 1. The molecule has 2 aliphatic carbocycles. The van der Waals surface area contributed by atoms with Crippen LogP contribution in [0.15, 0.2) is 22.7 Å². The number of carbonyl (C=O) groups is 2. The normalized spacial score (nSPS) is 20.8. The first-order valence-corrected chi connectivity index (χ1v) is 13.1. The molecule has 2 aromatic rings. The number of hydrogen-bond acceptors (Lipinski definition) is 4. The van der Waals surface area contributed by atoms with Gasteiger partial charge in [0.25, 0.3) is 0 Å². The number of aliphatic carboxylic acids is 1. The average molecular weight is 501 g/mol. The Labute approximate surface area is 212 Å². The molecule has 1 heterocycles. The van der Waals surface area contributed by atoms with Crippen molar-refractivity contribution < 1.29 is 19.2 Å². The second-order valence-corrected chi connectivity index (χ2v) is 12.2. The average Bonchev–Trinajstić information content (AvgIpc) is 3.47. The van der Waals surface area contributed by atoms with Gasteiger partial charge in [0.05, 0.1) is 16.4 Å². The molecular weight excluding hydrogens is 464 g/mol. The van der Waals surface area contributed by atoms with E-state index in [-0.39, 0.29) is 24.7 Å². The van der Waals surface area contributed by atoms with Crippen molar-refractivity contribution in [2.45, 2.75) is 96.8 Å². The van der Waals surface area contributed by atoms with Crippen molar-refractivity contribution in [3.8, 4) is 0 Å². The molecule has 2 aliphatic rings. The third-order valence-corrected chi connectivity index (χ3v) is 7.51. The number of nitrogens with zero attached hydrogens (tertiary/aromatic N) is 1. The maximum absolute atomic E-state index is 13.0. The molecule has 0 radical (unpaired) electrons. The van der Waals surface area contributed by atoms with Gasteiger partial charge in [0.1, 0.15) is 5.76 Å². The van der Waals surface area contributed by atoms with Gasteiger partial charge in [-0.05, 0) is 80.4 Å². The van der Waals surface area contributed by atoms with E-state index >= 15 is 0 Å². The molecule has 7 heteroatoms. The lowest BCUT2D eigenvalue weighted by atomic mass is 9.66. The summed E-state index contributed by atoms with van der Waals surface area (Å²) >= 11 is 6.30. The van der Waals surface area contributed by atoms with Gasteiger partial charge in [0.2, 0.25) is 5.91 Å². The van der Waals surface area contributed by atoms with Gasteiger partial charge in [-0.15, -0.1) is 0 Å². The van der Waals surface area contributed by atoms with Crippen LogP contribution < -0.4 is 5.32 Å². The second-order valence-electron chi connectivity index (χ2n) is 11.8. The molecule has 1 aromatic heterocycles. The van der Waals surface area contributed by atoms with E-state index in [2.05, 4.69) is 31.2 Å². The van der Waals surface area contributed by atoms with Crippen LogP contribution in [0.2, 0.25) is 5.02 Å². The monoisotopic (exact) mass is 500 g/mol. The van der Waals surface area contributed by atoms with E-state index in [0.29, 0.717) is 46.1 Å². The van der Waals surface area contributed by atoms with Gasteiger partial charge in [0.15, 0.2) is 0 Å². The minimum absolute atomic E-state index is 0.0273. The zero-order chi connectivity index (χ0) is 25.3. The van der Waals surface area contributed by atoms with Crippen LogP contribution in [0.4, 0.5) is 5.69 Å². The Morgan fingerprint density at radius 1 is 1.23 bits per heavy atom. The highest BCUT2D eigenvalue weighted by Crippen LogP contribution is 2.53. The SMILES string of the molecule is Cc1ccc(NC(=O)C[C@H](CCC(=O)O)c2onc([C@H]3C[C@@H](CC(C)(C)C)C3)c2C2CC2)c(Cl)c1. The van der Waals surface area contributed by atoms with Crippen molar-refractivity contribution in [1.29, 1.82) is 0 Å². The molecule has 2 N–H and O–H groups in total. The zero-order valence-corrected chi connectivity index (χ0v) is 22.0. The van der Waals surface area contributed by atoms with Crippen LogP contribution in [-0.2, 0) is 9.59 Å². The number of aromatic nitrogens is 1. The van der Waals surface area contributed by atoms with E-state index in [4.69, 9.17) is 16.1 Å². The predicted octanol–water partition coefficient (Wildman–Crippen LogP) is 7.42. The minimum Gasteiger partial charge on any atom is -0.481 e. The summed E-state index contributed by atoms with van der Waals surface area (Å²) in [5, 5.41) is 17.2. The number of hydrogen-bond donors (Lipinski definition) is 2. The number of anilines is 1. The number of carboxylic acid groups (broad SMARTS) is 1. The first-order chi connectivity index (χ1) is 16.5. The molecule has 0 unspecified atom stereocenters. The molecule has 0 bridgehead atoms. The molecule has 35 heavy (non-hydrogen) atoms. The van der Waals surface area contributed by atoms with E-state index in [1.165, 1.54) is 6.42 Å². The first kappa shape index (κ1) is 25.7. The molecule has 2 saturated carbocycles. The molecular formula is C28H37ClN2O4. The number of nitrogens with one attached hydrogen (secondary N) is 1. The first-order valence-electron chi connectivity index (χ1n) is 12.8. The molecule has 0 aliphatic heterocycles. The molecule has 0 spiro atoms. The van der Waals surface area contributed by atoms with E-state index in [9.17, 15) is 14.7 Å². The van der Waals surface area contributed by atoms with Crippen molar-refractivity contribution in [3.05, 3.63) is 45.8 Å². The highest BCUT2D eigenvalue weighted by Gasteiger charge is 2.42. The number of amides is 1. The highest BCUT2D eigenvalue weighted by atomic mass is 35.5. The Morgan fingerprint density at radius 3 is 2.54 bits per heavy atom. The number of carbonyl (C=O) groups excluding carboxylic acids is 1. The number of rotatable bonds is 10. The van der Waals surface area contributed by atoms with Crippen LogP contribution in [-0.4, -0.2) is 22.1 Å². The van der Waals surface area contributed by atoms with Gasteiger partial charge in [0, 0.05) is 30.2 Å². The van der Waals surface area contributed by atoms with Crippen LogP contribution in [0.3, 0.4) is 0 Å². The molecule has 1 aromatic carbocycles. The fourth-order valence-electron chi connectivity index (χ4n) is 5.46. The summed E-state index contributed by atoms with van der Waals surface area (Å²) in [4.78, 5) is 24.4. The molecule has 2 fully saturated rings. The standard InChI is InChI=1S/C28H37ClN2O4/c1-16-5-9-22(21(29)11-16)30-23(32)14-19(8-10-24(33)34)27-25(18-6-7-18)26(31-35-27)20-12-17(13-20)15-28(2,3)4/h5,9,11,17-20H,6-8,10,12-15H2,1-4H3,(H,30,32)(H,33,34)/t17-,19-,20+/m0/s1. The fourth-order valence-corrected chi connectivity index (χ4v) is 5.74. The van der Waals surface area contributed by atoms with Crippen LogP contribution in [0, 0.1) is 18.3 Å². The van der Waals surface area contributed by atoms with Crippen molar-refractivity contribution in [3.63, 3.8) is 0 Å². The molecule has 1 atom stereocenters. The number of benzene rings is 1. The lowest BCUT2D eigenvalue weighted by Crippen LogP contribution is -2.27. The molecule has 190 valence electrons. The van der Waals surface area contributed by atoms with Crippen molar-refractivity contribution in [2.24, 2.45) is 11.3 Å². The maximum Gasteiger partial charge on any atom is 0.303 e. The third-order valence-electron chi connectivity index (χ3n) is 7.20. The van der Waals surface area contributed by atoms with Crippen LogP contribution in [0.5, 0.6) is 0 Å². The van der Waals surface area contributed by atoms with E-state index in [0.717, 1.165) is 42.5 Å². The van der Waals surface area contributed by atoms with Crippen LogP contribution in [0.1, 0.15) is 112 Å². The Hall–Kier alpha value is -2.34. The molecule has 4 rings (SSSR count). The van der Waals surface area contributed by atoms with Gasteiger partial charge in [-0.3, -0.25) is 9.59 Å². The third kappa shape index (κ3) is 6.66. The number of carboxylic acids is 1. The zero-order valence-electron chi connectivity index (χ0n) is 21.2. The summed E-state index contributed by atoms with van der Waals surface area (Å²) in [6.45, 7) is 8.79. The van der Waals surface area contributed by atoms with Crippen LogP contribution >= 0.6 is 11.6 Å². The van der Waals surface area contributed by atoms with E-state index < -0.39 is 5.97 Å². The highest BCUT2D eigenvalue weighted by molar-refractivity contribution is 6.33. The molecule has 0 saturated heterocycles. The van der Waals surface area contributed by atoms with Gasteiger partial charge in [-0.1, -0.05) is 43.6 Å². The largest absolute Gasteiger partial charge is 0.481 e. The lowest BCUT2D eigenvalue weighted by molar-refractivity contribution is -0.137. The second kappa shape index (κ2) is 10.3.